The van der Waals surface area contributed by atoms with Crippen LogP contribution >= 0.6 is 11.3 Å². The zero-order chi connectivity index (χ0) is 12.3. The molecule has 0 aliphatic rings. The smallest absolute Gasteiger partial charge is 0.122 e. The van der Waals surface area contributed by atoms with E-state index in [4.69, 9.17) is 10.2 Å². The third-order valence-corrected chi connectivity index (χ3v) is 4.11. The van der Waals surface area contributed by atoms with Crippen LogP contribution in [0.25, 0.3) is 0 Å². The molecular weight excluding hydrogens is 232 g/mol. The van der Waals surface area contributed by atoms with Crippen molar-refractivity contribution in [3.05, 3.63) is 46.0 Å². The Morgan fingerprint density at radius 3 is 2.94 bits per heavy atom. The minimum absolute atomic E-state index is 0.394. The molecule has 0 bridgehead atoms. The normalized spacial score (nSPS) is 13.2. The molecule has 17 heavy (non-hydrogen) atoms. The van der Waals surface area contributed by atoms with E-state index in [0.29, 0.717) is 12.6 Å². The van der Waals surface area contributed by atoms with Gasteiger partial charge in [-0.05, 0) is 31.5 Å². The molecule has 4 heteroatoms. The average molecular weight is 250 g/mol. The van der Waals surface area contributed by atoms with E-state index in [-0.39, 0.29) is 0 Å². The third-order valence-electron chi connectivity index (χ3n) is 3.07. The fourth-order valence-electron chi connectivity index (χ4n) is 1.80. The summed E-state index contributed by atoms with van der Waals surface area (Å²) < 4.78 is 5.48. The lowest BCUT2D eigenvalue weighted by Gasteiger charge is -2.23. The van der Waals surface area contributed by atoms with Crippen molar-refractivity contribution in [2.45, 2.75) is 26.1 Å². The van der Waals surface area contributed by atoms with Gasteiger partial charge < -0.3 is 10.2 Å². The summed E-state index contributed by atoms with van der Waals surface area (Å²) in [4.78, 5) is 3.64. The molecule has 0 radical (unpaired) electrons. The van der Waals surface area contributed by atoms with Gasteiger partial charge in [-0.1, -0.05) is 6.07 Å². The quantitative estimate of drug-likeness (QED) is 0.887. The number of furan rings is 1. The van der Waals surface area contributed by atoms with E-state index in [1.54, 1.807) is 17.6 Å². The maximum atomic E-state index is 5.67. The Morgan fingerprint density at radius 2 is 2.29 bits per heavy atom. The lowest BCUT2D eigenvalue weighted by molar-refractivity contribution is 0.234. The van der Waals surface area contributed by atoms with Gasteiger partial charge in [0.25, 0.3) is 0 Å². The number of rotatable bonds is 5. The van der Waals surface area contributed by atoms with Crippen molar-refractivity contribution in [2.24, 2.45) is 5.73 Å². The van der Waals surface area contributed by atoms with E-state index < -0.39 is 0 Å². The topological polar surface area (TPSA) is 42.4 Å². The van der Waals surface area contributed by atoms with Crippen LogP contribution < -0.4 is 5.73 Å². The van der Waals surface area contributed by atoms with Crippen molar-refractivity contribution in [3.8, 4) is 0 Å². The van der Waals surface area contributed by atoms with Gasteiger partial charge in [-0.3, -0.25) is 4.90 Å². The highest BCUT2D eigenvalue weighted by Gasteiger charge is 2.15. The summed E-state index contributed by atoms with van der Waals surface area (Å²) in [7, 11) is 2.10. The summed E-state index contributed by atoms with van der Waals surface area (Å²) in [5.74, 6) is 0.971. The minimum Gasteiger partial charge on any atom is -0.468 e. The van der Waals surface area contributed by atoms with E-state index in [1.165, 1.54) is 4.88 Å². The second-order valence-electron chi connectivity index (χ2n) is 4.18. The molecule has 2 aromatic heterocycles. The first-order valence-electron chi connectivity index (χ1n) is 5.71. The van der Waals surface area contributed by atoms with E-state index in [1.807, 2.05) is 6.07 Å². The first-order chi connectivity index (χ1) is 8.22. The summed E-state index contributed by atoms with van der Waals surface area (Å²) in [6, 6.07) is 6.59. The van der Waals surface area contributed by atoms with E-state index in [2.05, 4.69) is 36.4 Å². The molecule has 92 valence electrons. The Bertz CT molecular complexity index is 450. The number of thiophene rings is 1. The van der Waals surface area contributed by atoms with Crippen molar-refractivity contribution in [3.63, 3.8) is 0 Å². The van der Waals surface area contributed by atoms with Gasteiger partial charge in [-0.2, -0.15) is 0 Å². The van der Waals surface area contributed by atoms with Gasteiger partial charge in [-0.15, -0.1) is 11.3 Å². The zero-order valence-corrected chi connectivity index (χ0v) is 11.0. The Labute approximate surface area is 106 Å². The van der Waals surface area contributed by atoms with Crippen LogP contribution in [0.5, 0.6) is 0 Å². The predicted molar refractivity (Wildman–Crippen MR) is 70.8 cm³/mol. The van der Waals surface area contributed by atoms with E-state index in [9.17, 15) is 0 Å². The fourth-order valence-corrected chi connectivity index (χ4v) is 2.65. The Kier molecular flexibility index (Phi) is 3.99. The Hall–Kier alpha value is -1.10. The molecule has 2 aromatic rings. The number of hydrogen-bond acceptors (Lipinski definition) is 4. The molecular formula is C13H18N2OS. The van der Waals surface area contributed by atoms with Crippen LogP contribution in [-0.4, -0.2) is 11.9 Å². The van der Waals surface area contributed by atoms with Crippen molar-refractivity contribution < 1.29 is 4.42 Å². The first-order valence-corrected chi connectivity index (χ1v) is 6.59. The van der Waals surface area contributed by atoms with Gasteiger partial charge in [0.05, 0.1) is 12.8 Å². The molecule has 0 aliphatic heterocycles. The maximum Gasteiger partial charge on any atom is 0.122 e. The van der Waals surface area contributed by atoms with E-state index in [0.717, 1.165) is 17.9 Å². The summed E-state index contributed by atoms with van der Waals surface area (Å²) in [5.41, 5.74) is 6.76. The molecule has 0 aliphatic carbocycles. The molecule has 0 saturated heterocycles. The summed E-state index contributed by atoms with van der Waals surface area (Å²) in [6.45, 7) is 3.53. The second-order valence-corrected chi connectivity index (χ2v) is 5.16. The molecule has 0 aromatic carbocycles. The summed E-state index contributed by atoms with van der Waals surface area (Å²) in [6.07, 6.45) is 1.71. The van der Waals surface area contributed by atoms with Crippen LogP contribution in [0.4, 0.5) is 0 Å². The molecule has 1 unspecified atom stereocenters. The van der Waals surface area contributed by atoms with Crippen LogP contribution in [0, 0.1) is 0 Å². The Morgan fingerprint density at radius 1 is 1.47 bits per heavy atom. The van der Waals surface area contributed by atoms with E-state index >= 15 is 0 Å². The highest BCUT2D eigenvalue weighted by molar-refractivity contribution is 7.10. The largest absolute Gasteiger partial charge is 0.468 e. The number of hydrogen-bond donors (Lipinski definition) is 1. The third kappa shape index (κ3) is 2.77. The minimum atomic E-state index is 0.394. The highest BCUT2D eigenvalue weighted by Crippen LogP contribution is 2.25. The first kappa shape index (κ1) is 12.4. The molecule has 0 saturated carbocycles. The highest BCUT2D eigenvalue weighted by atomic mass is 32.1. The van der Waals surface area contributed by atoms with Gasteiger partial charge in [0.1, 0.15) is 5.76 Å². The van der Waals surface area contributed by atoms with Crippen molar-refractivity contribution >= 4 is 11.3 Å². The van der Waals surface area contributed by atoms with Crippen LogP contribution in [0.15, 0.2) is 34.3 Å². The van der Waals surface area contributed by atoms with Crippen LogP contribution in [-0.2, 0) is 13.1 Å². The molecule has 2 N–H and O–H groups in total. The SMILES string of the molecule is CC(c1cccs1)N(C)Cc1occc1CN. The molecule has 3 nitrogen and oxygen atoms in total. The second kappa shape index (κ2) is 5.49. The van der Waals surface area contributed by atoms with Crippen LogP contribution in [0.2, 0.25) is 0 Å². The van der Waals surface area contributed by atoms with Gasteiger partial charge >= 0.3 is 0 Å². The van der Waals surface area contributed by atoms with Gasteiger partial charge in [0.2, 0.25) is 0 Å². The molecule has 0 amide bonds. The fraction of sp³-hybridized carbons (Fsp3) is 0.385. The summed E-state index contributed by atoms with van der Waals surface area (Å²) >= 11 is 1.78. The molecule has 2 heterocycles. The number of nitrogens with two attached hydrogens (primary N) is 1. The Balaban J connectivity index is 2.04. The zero-order valence-electron chi connectivity index (χ0n) is 10.2. The van der Waals surface area contributed by atoms with Crippen LogP contribution in [0.1, 0.15) is 29.2 Å². The predicted octanol–water partition coefficient (Wildman–Crippen LogP) is 2.99. The standard InChI is InChI=1S/C13H18N2OS/c1-10(13-4-3-7-17-13)15(2)9-12-11(8-14)5-6-16-12/h3-7,10H,8-9,14H2,1-2H3. The molecule has 0 fully saturated rings. The van der Waals surface area contributed by atoms with Gasteiger partial charge in [0.15, 0.2) is 0 Å². The van der Waals surface area contributed by atoms with Crippen molar-refractivity contribution in [2.75, 3.05) is 7.05 Å². The molecule has 2 rings (SSSR count). The van der Waals surface area contributed by atoms with Crippen LogP contribution in [0.3, 0.4) is 0 Å². The van der Waals surface area contributed by atoms with Gasteiger partial charge in [-0.25, -0.2) is 0 Å². The summed E-state index contributed by atoms with van der Waals surface area (Å²) in [5, 5.41) is 2.11. The molecule has 0 spiro atoms. The monoisotopic (exact) mass is 250 g/mol. The van der Waals surface area contributed by atoms with Crippen molar-refractivity contribution in [1.82, 2.24) is 4.90 Å². The lowest BCUT2D eigenvalue weighted by atomic mass is 10.2. The average Bonchev–Trinajstić information content (AvgIpc) is 2.98. The van der Waals surface area contributed by atoms with Gasteiger partial charge in [0, 0.05) is 23.0 Å². The lowest BCUT2D eigenvalue weighted by Crippen LogP contribution is -2.21. The maximum absolute atomic E-state index is 5.67. The van der Waals surface area contributed by atoms with Crippen molar-refractivity contribution in [1.29, 1.82) is 0 Å². The number of nitrogens with zero attached hydrogens (tertiary/aromatic N) is 1. The molecule has 1 atom stereocenters.